The first-order valence-corrected chi connectivity index (χ1v) is 9.05. The van der Waals surface area contributed by atoms with Crippen molar-refractivity contribution in [1.29, 1.82) is 0 Å². The Kier molecular flexibility index (Phi) is 8.88. The smallest absolute Gasteiger partial charge is 0.147 e. The average Bonchev–Trinajstić information content (AvgIpc) is 2.66. The second-order valence-electron chi connectivity index (χ2n) is 6.19. The van der Waals surface area contributed by atoms with Gasteiger partial charge in [-0.1, -0.05) is 81.4 Å². The Bertz CT molecular complexity index is 583. The van der Waals surface area contributed by atoms with Crippen molar-refractivity contribution in [1.82, 2.24) is 4.90 Å². The minimum Gasteiger partial charge on any atom is -0.304 e. The van der Waals surface area contributed by atoms with Crippen LogP contribution in [0.1, 0.15) is 44.7 Å². The minimum atomic E-state index is -0.556. The van der Waals surface area contributed by atoms with Crippen LogP contribution in [0.15, 0.2) is 60.7 Å². The molecule has 2 aromatic rings. The van der Waals surface area contributed by atoms with Crippen molar-refractivity contribution in [3.63, 3.8) is 0 Å². The summed E-state index contributed by atoms with van der Waals surface area (Å²) in [5.41, 5.74) is 1.66. The van der Waals surface area contributed by atoms with E-state index < -0.39 is 5.41 Å². The molecule has 0 aromatic heterocycles. The lowest BCUT2D eigenvalue weighted by atomic mass is 9.68. The fourth-order valence-corrected chi connectivity index (χ4v) is 3.53. The van der Waals surface area contributed by atoms with Gasteiger partial charge in [0.1, 0.15) is 5.78 Å². The molecule has 0 amide bonds. The molecule has 0 aliphatic rings. The summed E-state index contributed by atoms with van der Waals surface area (Å²) in [5, 5.41) is 0. The molecule has 2 rings (SSSR count). The van der Waals surface area contributed by atoms with Gasteiger partial charge in [-0.15, -0.1) is 12.4 Å². The van der Waals surface area contributed by atoms with Gasteiger partial charge in [0.25, 0.3) is 0 Å². The first kappa shape index (κ1) is 21.4. The fraction of sp³-hybridized carbons (Fsp3) is 0.409. The predicted octanol–water partition coefficient (Wildman–Crippen LogP) is 5.11. The Morgan fingerprint density at radius 3 is 1.64 bits per heavy atom. The molecule has 3 heteroatoms. The molecule has 0 aliphatic heterocycles. The maximum atomic E-state index is 13.2. The summed E-state index contributed by atoms with van der Waals surface area (Å²) in [6.07, 6.45) is 1.36. The second kappa shape index (κ2) is 10.4. The molecule has 136 valence electrons. The number of hydrogen-bond acceptors (Lipinski definition) is 2. The number of nitrogens with zero attached hydrogens (tertiary/aromatic N) is 1. The van der Waals surface area contributed by atoms with Gasteiger partial charge < -0.3 is 4.90 Å². The standard InChI is InChI=1S/C22H29NO.ClH/c1-4-21(24)22(17-18-23(5-2)6-3,19-13-9-7-10-14-19)20-15-11-8-12-16-20;/h7-16H,4-6,17-18H2,1-3H3;1H. The number of halogens is 1. The zero-order valence-electron chi connectivity index (χ0n) is 15.6. The van der Waals surface area contributed by atoms with Gasteiger partial charge >= 0.3 is 0 Å². The van der Waals surface area contributed by atoms with Crippen LogP contribution in [-0.2, 0) is 10.2 Å². The third-order valence-electron chi connectivity index (χ3n) is 5.03. The van der Waals surface area contributed by atoms with E-state index >= 15 is 0 Å². The highest BCUT2D eigenvalue weighted by Gasteiger charge is 2.40. The van der Waals surface area contributed by atoms with Gasteiger partial charge in [0.2, 0.25) is 0 Å². The monoisotopic (exact) mass is 359 g/mol. The summed E-state index contributed by atoms with van der Waals surface area (Å²) in [5.74, 6) is 0.298. The predicted molar refractivity (Wildman–Crippen MR) is 109 cm³/mol. The zero-order valence-corrected chi connectivity index (χ0v) is 16.4. The molecular weight excluding hydrogens is 330 g/mol. The van der Waals surface area contributed by atoms with Gasteiger partial charge in [0, 0.05) is 6.42 Å². The van der Waals surface area contributed by atoms with E-state index in [1.165, 1.54) is 0 Å². The number of Topliss-reactive ketones (excluding diaryl/α,β-unsaturated/α-hetero) is 1. The lowest BCUT2D eigenvalue weighted by Gasteiger charge is -2.35. The largest absolute Gasteiger partial charge is 0.304 e. The highest BCUT2D eigenvalue weighted by Crippen LogP contribution is 2.38. The van der Waals surface area contributed by atoms with Crippen LogP contribution in [0.2, 0.25) is 0 Å². The molecule has 2 nitrogen and oxygen atoms in total. The first-order chi connectivity index (χ1) is 11.7. The van der Waals surface area contributed by atoms with E-state index in [4.69, 9.17) is 0 Å². The van der Waals surface area contributed by atoms with E-state index in [-0.39, 0.29) is 12.4 Å². The van der Waals surface area contributed by atoms with Crippen molar-refractivity contribution < 1.29 is 4.79 Å². The highest BCUT2D eigenvalue weighted by atomic mass is 35.5. The van der Waals surface area contributed by atoms with Crippen molar-refractivity contribution in [3.05, 3.63) is 71.8 Å². The summed E-state index contributed by atoms with van der Waals surface area (Å²) in [4.78, 5) is 15.6. The lowest BCUT2D eigenvalue weighted by Crippen LogP contribution is -2.40. The van der Waals surface area contributed by atoms with Gasteiger partial charge in [0.15, 0.2) is 0 Å². The molecule has 0 bridgehead atoms. The second-order valence-corrected chi connectivity index (χ2v) is 6.19. The van der Waals surface area contributed by atoms with E-state index in [0.29, 0.717) is 12.2 Å². The van der Waals surface area contributed by atoms with Crippen LogP contribution in [0.25, 0.3) is 0 Å². The summed E-state index contributed by atoms with van der Waals surface area (Å²) in [6, 6.07) is 20.6. The average molecular weight is 360 g/mol. The van der Waals surface area contributed by atoms with Crippen LogP contribution in [0.5, 0.6) is 0 Å². The maximum absolute atomic E-state index is 13.2. The first-order valence-electron chi connectivity index (χ1n) is 9.05. The molecule has 0 spiro atoms. The van der Waals surface area contributed by atoms with Crippen LogP contribution < -0.4 is 0 Å². The van der Waals surface area contributed by atoms with Crippen LogP contribution in [0.3, 0.4) is 0 Å². The van der Waals surface area contributed by atoms with Crippen molar-refractivity contribution in [2.75, 3.05) is 19.6 Å². The van der Waals surface area contributed by atoms with E-state index in [0.717, 1.165) is 37.2 Å². The Labute approximate surface area is 158 Å². The molecule has 0 fully saturated rings. The summed E-state index contributed by atoms with van der Waals surface area (Å²) in [7, 11) is 0. The molecule has 0 unspecified atom stereocenters. The fourth-order valence-electron chi connectivity index (χ4n) is 3.53. The number of carbonyl (C=O) groups excluding carboxylic acids is 1. The van der Waals surface area contributed by atoms with E-state index in [1.54, 1.807) is 0 Å². The van der Waals surface area contributed by atoms with Crippen LogP contribution >= 0.6 is 12.4 Å². The Morgan fingerprint density at radius 1 is 0.840 bits per heavy atom. The van der Waals surface area contributed by atoms with Crippen LogP contribution in [0, 0.1) is 0 Å². The molecule has 0 atom stereocenters. The van der Waals surface area contributed by atoms with Gasteiger partial charge in [0.05, 0.1) is 5.41 Å². The number of carbonyl (C=O) groups is 1. The quantitative estimate of drug-likeness (QED) is 0.620. The zero-order chi connectivity index (χ0) is 17.4. The molecule has 0 saturated heterocycles. The van der Waals surface area contributed by atoms with E-state index in [1.807, 2.05) is 43.3 Å². The number of rotatable bonds is 9. The molecule has 25 heavy (non-hydrogen) atoms. The van der Waals surface area contributed by atoms with Crippen molar-refractivity contribution >= 4 is 18.2 Å². The van der Waals surface area contributed by atoms with Gasteiger partial charge in [-0.25, -0.2) is 0 Å². The third-order valence-corrected chi connectivity index (χ3v) is 5.03. The van der Waals surface area contributed by atoms with Gasteiger partial charge in [-0.2, -0.15) is 0 Å². The lowest BCUT2D eigenvalue weighted by molar-refractivity contribution is -0.123. The third kappa shape index (κ3) is 4.71. The summed E-state index contributed by atoms with van der Waals surface area (Å²) in [6.45, 7) is 9.27. The van der Waals surface area contributed by atoms with Crippen molar-refractivity contribution in [2.45, 2.75) is 39.0 Å². The molecule has 0 N–H and O–H groups in total. The van der Waals surface area contributed by atoms with Crippen molar-refractivity contribution in [3.8, 4) is 0 Å². The Morgan fingerprint density at radius 2 is 1.28 bits per heavy atom. The van der Waals surface area contributed by atoms with Crippen LogP contribution in [-0.4, -0.2) is 30.3 Å². The van der Waals surface area contributed by atoms with Crippen molar-refractivity contribution in [2.24, 2.45) is 0 Å². The molecule has 0 aliphatic carbocycles. The molecule has 0 heterocycles. The number of benzene rings is 2. The van der Waals surface area contributed by atoms with Crippen LogP contribution in [0.4, 0.5) is 0 Å². The topological polar surface area (TPSA) is 20.3 Å². The Balaban J connectivity index is 0.00000312. The molecule has 2 aromatic carbocycles. The van der Waals surface area contributed by atoms with E-state index in [2.05, 4.69) is 43.0 Å². The van der Waals surface area contributed by atoms with E-state index in [9.17, 15) is 4.79 Å². The SMILES string of the molecule is CCC(=O)C(CCN(CC)CC)(c1ccccc1)c1ccccc1.Cl. The minimum absolute atomic E-state index is 0. The van der Waals surface area contributed by atoms with Gasteiger partial charge in [-0.05, 0) is 37.2 Å². The molecule has 0 radical (unpaired) electrons. The van der Waals surface area contributed by atoms with Gasteiger partial charge in [-0.3, -0.25) is 4.79 Å². The summed E-state index contributed by atoms with van der Waals surface area (Å²) < 4.78 is 0. The summed E-state index contributed by atoms with van der Waals surface area (Å²) >= 11 is 0. The maximum Gasteiger partial charge on any atom is 0.147 e. The number of ketones is 1. The molecular formula is C22H30ClNO. The molecule has 0 saturated carbocycles. The normalized spacial score (nSPS) is 11.2. The number of hydrogen-bond donors (Lipinski definition) is 0. The Hall–Kier alpha value is -1.64. The highest BCUT2D eigenvalue weighted by molar-refractivity contribution is 5.93.